The van der Waals surface area contributed by atoms with Gasteiger partial charge in [-0.1, -0.05) is 48.5 Å². The number of carbonyl (C=O) groups is 1. The Morgan fingerprint density at radius 1 is 0.944 bits per heavy atom. The van der Waals surface area contributed by atoms with E-state index in [1.165, 1.54) is 5.56 Å². The first-order chi connectivity index (χ1) is 8.90. The third-order valence-electron chi connectivity index (χ3n) is 2.70. The molecule has 0 fully saturated rings. The Kier molecular flexibility index (Phi) is 4.53. The molecule has 0 saturated heterocycles. The number of ether oxygens (including phenoxy) is 1. The molecule has 92 valence electrons. The molecule has 0 aliphatic carbocycles. The van der Waals surface area contributed by atoms with Crippen molar-refractivity contribution in [2.45, 2.75) is 12.8 Å². The molecule has 2 aromatic carbocycles. The van der Waals surface area contributed by atoms with E-state index in [0.717, 1.165) is 24.0 Å². The highest BCUT2D eigenvalue weighted by Gasteiger charge is 2.03. The van der Waals surface area contributed by atoms with Gasteiger partial charge in [0.2, 0.25) is 0 Å². The highest BCUT2D eigenvalue weighted by Crippen LogP contribution is 2.21. The van der Waals surface area contributed by atoms with E-state index < -0.39 is 0 Å². The zero-order valence-electron chi connectivity index (χ0n) is 10.2. The molecule has 0 spiro atoms. The quantitative estimate of drug-likeness (QED) is 0.572. The van der Waals surface area contributed by atoms with Crippen LogP contribution in [0.4, 0.5) is 0 Å². The molecule has 2 heteroatoms. The van der Waals surface area contributed by atoms with Crippen LogP contribution in [-0.2, 0) is 11.2 Å². The zero-order valence-corrected chi connectivity index (χ0v) is 10.2. The smallest absolute Gasteiger partial charge is 0.123 e. The third kappa shape index (κ3) is 3.45. The molecule has 0 radical (unpaired) electrons. The lowest BCUT2D eigenvalue weighted by atomic mass is 10.0. The average molecular weight is 240 g/mol. The van der Waals surface area contributed by atoms with Crippen molar-refractivity contribution in [3.05, 3.63) is 65.7 Å². The van der Waals surface area contributed by atoms with Gasteiger partial charge in [0.25, 0.3) is 0 Å². The van der Waals surface area contributed by atoms with Gasteiger partial charge in [-0.3, -0.25) is 0 Å². The molecular formula is C16H16O2. The standard InChI is InChI=1S/C16H16O2/c17-11-6-12-18-16-10-5-4-9-15(16)13-14-7-2-1-3-8-14/h1-5,7-11H,6,12-13H2. The predicted octanol–water partition coefficient (Wildman–Crippen LogP) is 3.25. The highest BCUT2D eigenvalue weighted by atomic mass is 16.5. The summed E-state index contributed by atoms with van der Waals surface area (Å²) in [6.07, 6.45) is 2.15. The molecule has 0 unspecified atom stereocenters. The first-order valence-corrected chi connectivity index (χ1v) is 6.08. The van der Waals surface area contributed by atoms with Crippen molar-refractivity contribution in [3.8, 4) is 5.75 Å². The largest absolute Gasteiger partial charge is 0.493 e. The second kappa shape index (κ2) is 6.60. The Bertz CT molecular complexity index is 491. The van der Waals surface area contributed by atoms with Crippen LogP contribution in [0.2, 0.25) is 0 Å². The Morgan fingerprint density at radius 2 is 1.67 bits per heavy atom. The zero-order chi connectivity index (χ0) is 12.6. The lowest BCUT2D eigenvalue weighted by molar-refractivity contribution is -0.108. The van der Waals surface area contributed by atoms with Gasteiger partial charge in [-0.25, -0.2) is 0 Å². The summed E-state index contributed by atoms with van der Waals surface area (Å²) in [4.78, 5) is 10.3. The average Bonchev–Trinajstić information content (AvgIpc) is 2.42. The molecule has 18 heavy (non-hydrogen) atoms. The van der Waals surface area contributed by atoms with E-state index in [2.05, 4.69) is 18.2 Å². The third-order valence-corrected chi connectivity index (χ3v) is 2.70. The van der Waals surface area contributed by atoms with Gasteiger partial charge in [-0.15, -0.1) is 0 Å². The van der Waals surface area contributed by atoms with Gasteiger partial charge in [-0.2, -0.15) is 0 Å². The lowest BCUT2D eigenvalue weighted by Gasteiger charge is -2.10. The van der Waals surface area contributed by atoms with Gasteiger partial charge in [-0.05, 0) is 17.2 Å². The number of benzene rings is 2. The SMILES string of the molecule is O=CCCOc1ccccc1Cc1ccccc1. The van der Waals surface area contributed by atoms with E-state index in [9.17, 15) is 4.79 Å². The summed E-state index contributed by atoms with van der Waals surface area (Å²) in [7, 11) is 0. The number of hydrogen-bond donors (Lipinski definition) is 0. The molecule has 0 saturated carbocycles. The minimum absolute atomic E-state index is 0.430. The molecule has 0 bridgehead atoms. The van der Waals surface area contributed by atoms with Gasteiger partial charge in [0, 0.05) is 12.8 Å². The summed E-state index contributed by atoms with van der Waals surface area (Å²) in [6, 6.07) is 18.2. The molecule has 0 aliphatic rings. The molecule has 0 atom stereocenters. The van der Waals surface area contributed by atoms with Crippen molar-refractivity contribution < 1.29 is 9.53 Å². The molecule has 2 rings (SSSR count). The summed E-state index contributed by atoms with van der Waals surface area (Å²) >= 11 is 0. The van der Waals surface area contributed by atoms with E-state index in [-0.39, 0.29) is 0 Å². The van der Waals surface area contributed by atoms with Gasteiger partial charge in [0.05, 0.1) is 6.61 Å². The van der Waals surface area contributed by atoms with Gasteiger partial charge < -0.3 is 9.53 Å². The van der Waals surface area contributed by atoms with Crippen molar-refractivity contribution in [2.75, 3.05) is 6.61 Å². The Morgan fingerprint density at radius 3 is 2.44 bits per heavy atom. The fourth-order valence-corrected chi connectivity index (χ4v) is 1.82. The van der Waals surface area contributed by atoms with Crippen LogP contribution in [0, 0.1) is 0 Å². The van der Waals surface area contributed by atoms with Gasteiger partial charge >= 0.3 is 0 Å². The monoisotopic (exact) mass is 240 g/mol. The van der Waals surface area contributed by atoms with Crippen molar-refractivity contribution in [1.82, 2.24) is 0 Å². The number of para-hydroxylation sites is 1. The van der Waals surface area contributed by atoms with Crippen LogP contribution in [0.25, 0.3) is 0 Å². The van der Waals surface area contributed by atoms with Crippen LogP contribution in [0.3, 0.4) is 0 Å². The molecule has 0 aliphatic heterocycles. The van der Waals surface area contributed by atoms with E-state index >= 15 is 0 Å². The first kappa shape index (κ1) is 12.4. The first-order valence-electron chi connectivity index (χ1n) is 6.08. The fourth-order valence-electron chi connectivity index (χ4n) is 1.82. The highest BCUT2D eigenvalue weighted by molar-refractivity contribution is 5.49. The topological polar surface area (TPSA) is 26.3 Å². The number of rotatable bonds is 6. The van der Waals surface area contributed by atoms with E-state index in [1.807, 2.05) is 36.4 Å². The normalized spacial score (nSPS) is 10.0. The molecule has 0 N–H and O–H groups in total. The van der Waals surface area contributed by atoms with Gasteiger partial charge in [0.1, 0.15) is 12.0 Å². The van der Waals surface area contributed by atoms with Gasteiger partial charge in [0.15, 0.2) is 0 Å². The molecule has 0 amide bonds. The maximum atomic E-state index is 10.3. The number of aldehydes is 1. The lowest BCUT2D eigenvalue weighted by Crippen LogP contribution is -2.01. The van der Waals surface area contributed by atoms with Crippen LogP contribution in [0.1, 0.15) is 17.5 Å². The molecule has 2 nitrogen and oxygen atoms in total. The Labute approximate surface area is 107 Å². The van der Waals surface area contributed by atoms with E-state index in [1.54, 1.807) is 0 Å². The summed E-state index contributed by atoms with van der Waals surface area (Å²) in [5.74, 6) is 0.864. The van der Waals surface area contributed by atoms with Crippen molar-refractivity contribution >= 4 is 6.29 Å². The molecular weight excluding hydrogens is 224 g/mol. The van der Waals surface area contributed by atoms with Crippen molar-refractivity contribution in [3.63, 3.8) is 0 Å². The summed E-state index contributed by atoms with van der Waals surface area (Å²) in [6.45, 7) is 0.440. The van der Waals surface area contributed by atoms with E-state index in [4.69, 9.17) is 4.74 Å². The number of hydrogen-bond acceptors (Lipinski definition) is 2. The number of carbonyl (C=O) groups excluding carboxylic acids is 1. The minimum Gasteiger partial charge on any atom is -0.493 e. The van der Waals surface area contributed by atoms with Crippen LogP contribution in [0.15, 0.2) is 54.6 Å². The second-order valence-electron chi connectivity index (χ2n) is 4.07. The van der Waals surface area contributed by atoms with E-state index in [0.29, 0.717) is 13.0 Å². The maximum absolute atomic E-state index is 10.3. The van der Waals surface area contributed by atoms with Crippen LogP contribution < -0.4 is 4.74 Å². The van der Waals surface area contributed by atoms with Crippen LogP contribution in [0.5, 0.6) is 5.75 Å². The minimum atomic E-state index is 0.430. The summed E-state index contributed by atoms with van der Waals surface area (Å²) in [5.41, 5.74) is 2.40. The van der Waals surface area contributed by atoms with Crippen molar-refractivity contribution in [2.24, 2.45) is 0 Å². The fraction of sp³-hybridized carbons (Fsp3) is 0.188. The molecule has 0 heterocycles. The Hall–Kier alpha value is -2.09. The summed E-state index contributed by atoms with van der Waals surface area (Å²) < 4.78 is 5.62. The van der Waals surface area contributed by atoms with Crippen LogP contribution in [-0.4, -0.2) is 12.9 Å². The van der Waals surface area contributed by atoms with Crippen LogP contribution >= 0.6 is 0 Å². The second-order valence-corrected chi connectivity index (χ2v) is 4.07. The molecule has 2 aromatic rings. The Balaban J connectivity index is 2.09. The maximum Gasteiger partial charge on any atom is 0.123 e. The predicted molar refractivity (Wildman–Crippen MR) is 71.9 cm³/mol. The van der Waals surface area contributed by atoms with Crippen molar-refractivity contribution in [1.29, 1.82) is 0 Å². The molecule has 0 aromatic heterocycles. The summed E-state index contributed by atoms with van der Waals surface area (Å²) in [5, 5.41) is 0.